The highest BCUT2D eigenvalue weighted by Crippen LogP contribution is 2.37. The number of aromatic nitrogens is 4. The van der Waals surface area contributed by atoms with E-state index in [-0.39, 0.29) is 24.7 Å². The molecular formula is C24H32F2N6O2. The van der Waals surface area contributed by atoms with E-state index in [0.717, 1.165) is 25.7 Å². The van der Waals surface area contributed by atoms with E-state index in [1.54, 1.807) is 23.0 Å². The first-order chi connectivity index (χ1) is 16.4. The van der Waals surface area contributed by atoms with Gasteiger partial charge in [-0.05, 0) is 56.6 Å². The lowest BCUT2D eigenvalue weighted by molar-refractivity contribution is 0.102. The first-order valence-corrected chi connectivity index (χ1v) is 11.7. The quantitative estimate of drug-likeness (QED) is 0.404. The number of rotatable bonds is 8. The van der Waals surface area contributed by atoms with Gasteiger partial charge in [-0.15, -0.1) is 0 Å². The van der Waals surface area contributed by atoms with Crippen LogP contribution in [0.25, 0.3) is 11.5 Å². The summed E-state index contributed by atoms with van der Waals surface area (Å²) in [4.78, 5) is 21.2. The molecule has 1 aliphatic rings. The Morgan fingerprint density at radius 2 is 2.06 bits per heavy atom. The largest absolute Gasteiger partial charge is 0.444 e. The van der Waals surface area contributed by atoms with E-state index in [0.29, 0.717) is 29.8 Å². The molecule has 2 N–H and O–H groups in total. The summed E-state index contributed by atoms with van der Waals surface area (Å²) in [6, 6.07) is 3.51. The molecular weight excluding hydrogens is 442 g/mol. The third kappa shape index (κ3) is 5.26. The molecule has 1 saturated carbocycles. The summed E-state index contributed by atoms with van der Waals surface area (Å²) < 4.78 is 34.4. The van der Waals surface area contributed by atoms with E-state index in [4.69, 9.17) is 4.42 Å². The number of hydrogen-bond donors (Lipinski definition) is 2. The van der Waals surface area contributed by atoms with E-state index in [1.165, 1.54) is 12.5 Å². The molecule has 3 aromatic heterocycles. The molecule has 0 aliphatic heterocycles. The summed E-state index contributed by atoms with van der Waals surface area (Å²) in [6.07, 6.45) is 5.36. The summed E-state index contributed by atoms with van der Waals surface area (Å²) in [7, 11) is 0. The Bertz CT molecular complexity index is 1120. The number of nitrogens with one attached hydrogen (secondary N) is 2. The van der Waals surface area contributed by atoms with Crippen molar-refractivity contribution in [1.29, 1.82) is 0 Å². The van der Waals surface area contributed by atoms with Crippen molar-refractivity contribution in [3.63, 3.8) is 0 Å². The van der Waals surface area contributed by atoms with Crippen molar-refractivity contribution in [2.75, 3.05) is 17.2 Å². The molecule has 4 rings (SSSR count). The van der Waals surface area contributed by atoms with Gasteiger partial charge in [-0.25, -0.2) is 18.7 Å². The number of hydrogen-bond acceptors (Lipinski definition) is 6. The molecule has 0 atom stereocenters. The Hall–Kier alpha value is -3.30. The van der Waals surface area contributed by atoms with Gasteiger partial charge in [-0.2, -0.15) is 5.10 Å². The predicted molar refractivity (Wildman–Crippen MR) is 127 cm³/mol. The van der Waals surface area contributed by atoms with Gasteiger partial charge < -0.3 is 15.1 Å². The summed E-state index contributed by atoms with van der Waals surface area (Å²) >= 11 is 0. The van der Waals surface area contributed by atoms with Crippen LogP contribution in [0, 0.1) is 11.8 Å². The van der Waals surface area contributed by atoms with E-state index in [2.05, 4.69) is 39.5 Å². The SMILES string of the molecule is CCNc1cc(-c2nc(C(=O)Nc3cn(C4CCC(C(C)C)CC4)nc3C(F)F)co2)ccn1.[HH]. The zero-order chi connectivity index (χ0) is 24.2. The third-order valence-electron chi connectivity index (χ3n) is 6.38. The fourth-order valence-electron chi connectivity index (χ4n) is 4.42. The minimum Gasteiger partial charge on any atom is -0.444 e. The van der Waals surface area contributed by atoms with Crippen LogP contribution >= 0.6 is 0 Å². The van der Waals surface area contributed by atoms with Gasteiger partial charge in [0.15, 0.2) is 11.4 Å². The number of pyridine rings is 1. The maximum absolute atomic E-state index is 13.7. The topological polar surface area (TPSA) is 97.9 Å². The van der Waals surface area contributed by atoms with Gasteiger partial charge >= 0.3 is 0 Å². The van der Waals surface area contributed by atoms with Gasteiger partial charge in [-0.3, -0.25) is 9.48 Å². The van der Waals surface area contributed by atoms with Crippen LogP contribution in [-0.2, 0) is 0 Å². The van der Waals surface area contributed by atoms with Crippen molar-refractivity contribution in [3.05, 3.63) is 42.2 Å². The molecule has 184 valence electrons. The van der Waals surface area contributed by atoms with E-state index in [1.807, 2.05) is 6.92 Å². The van der Waals surface area contributed by atoms with Crippen LogP contribution in [0.15, 0.2) is 35.2 Å². The van der Waals surface area contributed by atoms with Crippen molar-refractivity contribution in [3.8, 4) is 11.5 Å². The number of amides is 1. The van der Waals surface area contributed by atoms with Crippen molar-refractivity contribution >= 4 is 17.4 Å². The molecule has 0 bridgehead atoms. The molecule has 0 aromatic carbocycles. The molecule has 1 amide bonds. The number of carbonyl (C=O) groups is 1. The fraction of sp³-hybridized carbons (Fsp3) is 0.500. The van der Waals surface area contributed by atoms with Crippen LogP contribution in [0.3, 0.4) is 0 Å². The van der Waals surface area contributed by atoms with Crippen molar-refractivity contribution < 1.29 is 19.4 Å². The van der Waals surface area contributed by atoms with Gasteiger partial charge in [0.05, 0.1) is 11.7 Å². The van der Waals surface area contributed by atoms with E-state index in [9.17, 15) is 13.6 Å². The highest BCUT2D eigenvalue weighted by atomic mass is 19.3. The number of halogens is 2. The van der Waals surface area contributed by atoms with Crippen LogP contribution in [-0.4, -0.2) is 32.2 Å². The van der Waals surface area contributed by atoms with Crippen LogP contribution in [0.2, 0.25) is 0 Å². The Balaban J connectivity index is 0.00000342. The fourth-order valence-corrected chi connectivity index (χ4v) is 4.42. The number of nitrogens with zero attached hydrogens (tertiary/aromatic N) is 4. The van der Waals surface area contributed by atoms with E-state index < -0.39 is 18.0 Å². The zero-order valence-corrected chi connectivity index (χ0v) is 19.6. The number of alkyl halides is 2. The van der Waals surface area contributed by atoms with E-state index >= 15 is 0 Å². The summed E-state index contributed by atoms with van der Waals surface area (Å²) in [5, 5.41) is 9.76. The monoisotopic (exact) mass is 474 g/mol. The van der Waals surface area contributed by atoms with Crippen LogP contribution in [0.4, 0.5) is 20.3 Å². The molecule has 0 spiro atoms. The average molecular weight is 475 g/mol. The smallest absolute Gasteiger partial charge is 0.284 e. The summed E-state index contributed by atoms with van der Waals surface area (Å²) in [5.41, 5.74) is 0.187. The zero-order valence-electron chi connectivity index (χ0n) is 19.6. The minimum atomic E-state index is -2.81. The Labute approximate surface area is 198 Å². The lowest BCUT2D eigenvalue weighted by Gasteiger charge is -2.30. The molecule has 0 unspecified atom stereocenters. The van der Waals surface area contributed by atoms with Gasteiger partial charge in [0.2, 0.25) is 5.89 Å². The van der Waals surface area contributed by atoms with Crippen LogP contribution < -0.4 is 10.6 Å². The van der Waals surface area contributed by atoms with Crippen molar-refractivity contribution in [2.45, 2.75) is 58.9 Å². The molecule has 3 aromatic rings. The van der Waals surface area contributed by atoms with Gasteiger partial charge in [0.1, 0.15) is 12.1 Å². The molecule has 10 heteroatoms. The first kappa shape index (κ1) is 23.8. The van der Waals surface area contributed by atoms with Gasteiger partial charge in [0.25, 0.3) is 12.3 Å². The van der Waals surface area contributed by atoms with Crippen molar-refractivity contribution in [1.82, 2.24) is 19.7 Å². The normalized spacial score (nSPS) is 18.4. The van der Waals surface area contributed by atoms with Gasteiger partial charge in [0, 0.05) is 25.9 Å². The molecule has 8 nitrogen and oxygen atoms in total. The number of carbonyl (C=O) groups excluding carboxylic acids is 1. The Morgan fingerprint density at radius 1 is 1.29 bits per heavy atom. The van der Waals surface area contributed by atoms with Crippen LogP contribution in [0.1, 0.15) is 76.5 Å². The van der Waals surface area contributed by atoms with Crippen molar-refractivity contribution in [2.24, 2.45) is 11.8 Å². The molecule has 1 fully saturated rings. The maximum Gasteiger partial charge on any atom is 0.284 e. The minimum absolute atomic E-state index is 0. The Kier molecular flexibility index (Phi) is 7.23. The maximum atomic E-state index is 13.7. The molecule has 34 heavy (non-hydrogen) atoms. The second-order valence-electron chi connectivity index (χ2n) is 8.97. The molecule has 0 saturated heterocycles. The highest BCUT2D eigenvalue weighted by molar-refractivity contribution is 6.03. The highest BCUT2D eigenvalue weighted by Gasteiger charge is 2.28. The second-order valence-corrected chi connectivity index (χ2v) is 8.97. The van der Waals surface area contributed by atoms with Crippen LogP contribution in [0.5, 0.6) is 0 Å². The van der Waals surface area contributed by atoms with Gasteiger partial charge in [-0.1, -0.05) is 13.8 Å². The second kappa shape index (κ2) is 10.3. The predicted octanol–water partition coefficient (Wildman–Crippen LogP) is 6.19. The standard InChI is InChI=1S/C24H30F2N6O2.H2/c1-4-27-20-11-16(9-10-28-20)24-30-19(13-34-24)23(33)29-18-12-32(31-21(18)22(25)26)17-7-5-15(6-8-17)14(2)3;/h9-15,17,22H,4-8H2,1-3H3,(H,27,28)(H,29,33);1H. The lowest BCUT2D eigenvalue weighted by atomic mass is 9.80. The third-order valence-corrected chi connectivity index (χ3v) is 6.38. The first-order valence-electron chi connectivity index (χ1n) is 11.7. The molecule has 3 heterocycles. The summed E-state index contributed by atoms with van der Waals surface area (Å²) in [6.45, 7) is 7.09. The number of oxazole rings is 1. The summed E-state index contributed by atoms with van der Waals surface area (Å²) in [5.74, 6) is 1.51. The molecule has 1 aliphatic carbocycles. The lowest BCUT2D eigenvalue weighted by Crippen LogP contribution is -2.21. The number of anilines is 2. The average Bonchev–Trinajstić information content (AvgIpc) is 3.48. The Morgan fingerprint density at radius 3 is 2.74 bits per heavy atom. The molecule has 0 radical (unpaired) electrons.